The van der Waals surface area contributed by atoms with Crippen molar-refractivity contribution in [2.75, 3.05) is 0 Å². The lowest BCUT2D eigenvalue weighted by Crippen LogP contribution is -2.30. The molecule has 2 heterocycles. The minimum Gasteiger partial charge on any atom is -0.481 e. The third kappa shape index (κ3) is 12.1. The first-order valence-electron chi connectivity index (χ1n) is 12.1. The standard InChI is InChI=1S/C27H38O7/c1-21-13-10-8-6-4-2-3-5-7-9-11-14-22(26(29)30)18-20-27(31,32)19-12-15-23-24(34-23)16-17-25(28)33-21/h2-8,10,16-17,21-24,31-32H,9,11-15,18-20H2,1H3,(H,29,30)/b3-2+,6-4+,7-5+,10-8+,17-16+. The van der Waals surface area contributed by atoms with E-state index in [1.165, 1.54) is 6.08 Å². The predicted octanol–water partition coefficient (Wildman–Crippen LogP) is 4.37. The van der Waals surface area contributed by atoms with Gasteiger partial charge in [-0.15, -0.1) is 0 Å². The first-order chi connectivity index (χ1) is 16.3. The molecule has 0 aromatic heterocycles. The van der Waals surface area contributed by atoms with Crippen LogP contribution in [0.25, 0.3) is 0 Å². The fourth-order valence-corrected chi connectivity index (χ4v) is 3.79. The smallest absolute Gasteiger partial charge is 0.330 e. The quantitative estimate of drug-likeness (QED) is 0.293. The summed E-state index contributed by atoms with van der Waals surface area (Å²) in [7, 11) is 0. The molecule has 4 atom stereocenters. The summed E-state index contributed by atoms with van der Waals surface area (Å²) >= 11 is 0. The number of aliphatic hydroxyl groups is 2. The van der Waals surface area contributed by atoms with E-state index in [9.17, 15) is 24.9 Å². The van der Waals surface area contributed by atoms with E-state index in [2.05, 4.69) is 0 Å². The lowest BCUT2D eigenvalue weighted by Gasteiger charge is -2.23. The summed E-state index contributed by atoms with van der Waals surface area (Å²) in [6, 6.07) is 0. The number of esters is 1. The molecule has 0 saturated carbocycles. The molecule has 0 amide bonds. The molecule has 0 aliphatic carbocycles. The molecule has 0 aromatic carbocycles. The lowest BCUT2D eigenvalue weighted by atomic mass is 9.92. The van der Waals surface area contributed by atoms with E-state index < -0.39 is 23.6 Å². The van der Waals surface area contributed by atoms with Gasteiger partial charge in [0.25, 0.3) is 0 Å². The number of fused-ring (bicyclic) bond motifs is 1. The topological polar surface area (TPSA) is 117 Å². The second-order valence-corrected chi connectivity index (χ2v) is 8.99. The number of ether oxygens (including phenoxy) is 2. The molecule has 0 bridgehead atoms. The summed E-state index contributed by atoms with van der Waals surface area (Å²) in [6.07, 6.45) is 22.0. The van der Waals surface area contributed by atoms with E-state index in [0.29, 0.717) is 25.7 Å². The number of epoxide rings is 1. The Morgan fingerprint density at radius 3 is 2.41 bits per heavy atom. The van der Waals surface area contributed by atoms with Crippen molar-refractivity contribution in [3.8, 4) is 0 Å². The Morgan fingerprint density at radius 2 is 1.68 bits per heavy atom. The van der Waals surface area contributed by atoms with Gasteiger partial charge in [0.15, 0.2) is 5.79 Å². The number of carbonyl (C=O) groups excluding carboxylic acids is 1. The highest BCUT2D eigenvalue weighted by molar-refractivity contribution is 5.82. The van der Waals surface area contributed by atoms with Crippen molar-refractivity contribution in [2.45, 2.75) is 88.8 Å². The van der Waals surface area contributed by atoms with Crippen LogP contribution in [0.1, 0.15) is 64.7 Å². The summed E-state index contributed by atoms with van der Waals surface area (Å²) in [6.45, 7) is 1.84. The lowest BCUT2D eigenvalue weighted by molar-refractivity contribution is -0.175. The normalized spacial score (nSPS) is 34.5. The second-order valence-electron chi connectivity index (χ2n) is 8.99. The Kier molecular flexibility index (Phi) is 12.0. The zero-order valence-corrected chi connectivity index (χ0v) is 19.9. The Hall–Kier alpha value is -2.48. The molecule has 34 heavy (non-hydrogen) atoms. The van der Waals surface area contributed by atoms with Crippen LogP contribution in [0, 0.1) is 5.92 Å². The highest BCUT2D eigenvalue weighted by atomic mass is 16.6. The number of carbonyl (C=O) groups is 2. The van der Waals surface area contributed by atoms with Gasteiger partial charge in [-0.1, -0.05) is 48.6 Å². The van der Waals surface area contributed by atoms with E-state index in [0.717, 1.165) is 12.8 Å². The maximum Gasteiger partial charge on any atom is 0.330 e. The molecule has 3 N–H and O–H groups in total. The Balaban J connectivity index is 1.93. The summed E-state index contributed by atoms with van der Waals surface area (Å²) < 4.78 is 10.9. The van der Waals surface area contributed by atoms with E-state index in [1.807, 2.05) is 55.5 Å². The number of hydrogen-bond acceptors (Lipinski definition) is 6. The Morgan fingerprint density at radius 1 is 0.971 bits per heavy atom. The number of carboxylic acids is 1. The Bertz CT molecular complexity index is 791. The fraction of sp³-hybridized carbons (Fsp3) is 0.556. The van der Waals surface area contributed by atoms with Crippen LogP contribution in [0.5, 0.6) is 0 Å². The SMILES string of the molecule is CC1C/C=C/C=C/C=C/C=C/CCCC(C(=O)O)CCC(O)(O)CCCC2OC2/C=C/C(=O)O1. The van der Waals surface area contributed by atoms with Crippen LogP contribution in [0.15, 0.2) is 60.8 Å². The zero-order valence-electron chi connectivity index (χ0n) is 19.9. The van der Waals surface area contributed by atoms with E-state index >= 15 is 0 Å². The first kappa shape index (κ1) is 27.8. The molecule has 188 valence electrons. The summed E-state index contributed by atoms with van der Waals surface area (Å²) in [5.41, 5.74) is 0. The van der Waals surface area contributed by atoms with Crippen LogP contribution >= 0.6 is 0 Å². The summed E-state index contributed by atoms with van der Waals surface area (Å²) in [5, 5.41) is 30.0. The molecule has 1 fully saturated rings. The molecule has 2 aliphatic heterocycles. The van der Waals surface area contributed by atoms with Gasteiger partial charge in [-0.05, 0) is 51.5 Å². The van der Waals surface area contributed by atoms with Crippen LogP contribution in [0.3, 0.4) is 0 Å². The van der Waals surface area contributed by atoms with Crippen molar-refractivity contribution in [3.63, 3.8) is 0 Å². The minimum absolute atomic E-state index is 0.0161. The number of cyclic esters (lactones) is 1. The van der Waals surface area contributed by atoms with Gasteiger partial charge in [-0.25, -0.2) is 4.79 Å². The average Bonchev–Trinajstić information content (AvgIpc) is 3.52. The van der Waals surface area contributed by atoms with Gasteiger partial charge < -0.3 is 24.8 Å². The van der Waals surface area contributed by atoms with E-state index in [-0.39, 0.29) is 37.6 Å². The maximum atomic E-state index is 12.0. The van der Waals surface area contributed by atoms with Crippen LogP contribution in [-0.4, -0.2) is 51.4 Å². The second kappa shape index (κ2) is 14.7. The minimum atomic E-state index is -1.90. The molecule has 2 rings (SSSR count). The summed E-state index contributed by atoms with van der Waals surface area (Å²) in [4.78, 5) is 23.5. The van der Waals surface area contributed by atoms with Crippen molar-refractivity contribution in [1.29, 1.82) is 0 Å². The third-order valence-corrected chi connectivity index (χ3v) is 5.89. The van der Waals surface area contributed by atoms with Crippen molar-refractivity contribution in [1.82, 2.24) is 0 Å². The number of rotatable bonds is 1. The molecule has 0 spiro atoms. The molecule has 2 aliphatic rings. The highest BCUT2D eigenvalue weighted by Gasteiger charge is 2.37. The molecule has 0 radical (unpaired) electrons. The number of hydrogen-bond donors (Lipinski definition) is 3. The van der Waals surface area contributed by atoms with Crippen LogP contribution in [0.4, 0.5) is 0 Å². The number of allylic oxidation sites excluding steroid dienone is 7. The van der Waals surface area contributed by atoms with Crippen molar-refractivity contribution < 1.29 is 34.4 Å². The average molecular weight is 475 g/mol. The molecule has 1 saturated heterocycles. The van der Waals surface area contributed by atoms with Gasteiger partial charge in [-0.2, -0.15) is 0 Å². The molecule has 0 aromatic rings. The van der Waals surface area contributed by atoms with Gasteiger partial charge in [0.1, 0.15) is 12.2 Å². The number of carboxylic acid groups (broad SMARTS) is 1. The zero-order chi connectivity index (χ0) is 24.8. The van der Waals surface area contributed by atoms with Crippen LogP contribution < -0.4 is 0 Å². The first-order valence-corrected chi connectivity index (χ1v) is 12.1. The molecular formula is C27H38O7. The number of aliphatic carboxylic acids is 1. The molecule has 4 unspecified atom stereocenters. The monoisotopic (exact) mass is 474 g/mol. The van der Waals surface area contributed by atoms with Crippen molar-refractivity contribution in [2.24, 2.45) is 5.92 Å². The summed E-state index contributed by atoms with van der Waals surface area (Å²) in [5.74, 6) is -3.81. The van der Waals surface area contributed by atoms with Crippen LogP contribution in [-0.2, 0) is 19.1 Å². The maximum absolute atomic E-state index is 12.0. The van der Waals surface area contributed by atoms with Crippen molar-refractivity contribution >= 4 is 11.9 Å². The van der Waals surface area contributed by atoms with Gasteiger partial charge >= 0.3 is 11.9 Å². The molecule has 7 heteroatoms. The highest BCUT2D eigenvalue weighted by Crippen LogP contribution is 2.30. The fourth-order valence-electron chi connectivity index (χ4n) is 3.79. The van der Waals surface area contributed by atoms with E-state index in [4.69, 9.17) is 9.47 Å². The van der Waals surface area contributed by atoms with Gasteiger partial charge in [0, 0.05) is 25.3 Å². The van der Waals surface area contributed by atoms with Gasteiger partial charge in [0.2, 0.25) is 0 Å². The third-order valence-electron chi connectivity index (χ3n) is 5.89. The van der Waals surface area contributed by atoms with Crippen molar-refractivity contribution in [3.05, 3.63) is 60.8 Å². The predicted molar refractivity (Wildman–Crippen MR) is 130 cm³/mol. The molecular weight excluding hydrogens is 436 g/mol. The van der Waals surface area contributed by atoms with Gasteiger partial charge in [-0.3, -0.25) is 4.79 Å². The van der Waals surface area contributed by atoms with E-state index in [1.54, 1.807) is 6.08 Å². The van der Waals surface area contributed by atoms with Crippen LogP contribution in [0.2, 0.25) is 0 Å². The van der Waals surface area contributed by atoms with Gasteiger partial charge in [0.05, 0.1) is 12.0 Å². The Labute approximate surface area is 202 Å². The largest absolute Gasteiger partial charge is 0.481 e. The molecule has 7 nitrogen and oxygen atoms in total.